The average molecular weight is 393 g/mol. The SMILES string of the molecule is N[C@@H](C(=O)O)[C@H](O)c1ccc(OCc2ccccc2)c(OCc2ccccc2)c1. The summed E-state index contributed by atoms with van der Waals surface area (Å²) >= 11 is 0. The van der Waals surface area contributed by atoms with Crippen molar-refractivity contribution in [3.05, 3.63) is 95.6 Å². The van der Waals surface area contributed by atoms with Gasteiger partial charge in [-0.2, -0.15) is 0 Å². The van der Waals surface area contributed by atoms with Crippen molar-refractivity contribution in [2.24, 2.45) is 5.73 Å². The van der Waals surface area contributed by atoms with Gasteiger partial charge in [-0.15, -0.1) is 0 Å². The highest BCUT2D eigenvalue weighted by molar-refractivity contribution is 5.74. The minimum absolute atomic E-state index is 0.299. The second kappa shape index (κ2) is 9.73. The molecule has 4 N–H and O–H groups in total. The number of benzene rings is 3. The molecule has 3 aromatic carbocycles. The standard InChI is InChI=1S/C23H23NO5/c24-21(23(26)27)22(25)18-11-12-19(28-14-16-7-3-1-4-8-16)20(13-18)29-15-17-9-5-2-6-10-17/h1-13,21-22,25H,14-15,24H2,(H,26,27)/t21-,22-/m1/s1. The molecule has 3 aromatic rings. The molecule has 0 aromatic heterocycles. The smallest absolute Gasteiger partial charge is 0.323 e. The van der Waals surface area contributed by atoms with E-state index in [2.05, 4.69) is 0 Å². The Morgan fingerprint density at radius 2 is 1.34 bits per heavy atom. The molecule has 0 unspecified atom stereocenters. The molecule has 0 fully saturated rings. The van der Waals surface area contributed by atoms with Crippen LogP contribution in [0.3, 0.4) is 0 Å². The Morgan fingerprint density at radius 1 is 0.828 bits per heavy atom. The second-order valence-electron chi connectivity index (χ2n) is 6.56. The lowest BCUT2D eigenvalue weighted by molar-refractivity contribution is -0.141. The Bertz CT molecular complexity index is 931. The zero-order valence-corrected chi connectivity index (χ0v) is 15.8. The maximum Gasteiger partial charge on any atom is 0.323 e. The van der Waals surface area contributed by atoms with E-state index in [1.807, 2.05) is 60.7 Å². The number of nitrogens with two attached hydrogens (primary N) is 1. The molecule has 3 rings (SSSR count). The van der Waals surface area contributed by atoms with Gasteiger partial charge >= 0.3 is 5.97 Å². The lowest BCUT2D eigenvalue weighted by Gasteiger charge is -2.18. The summed E-state index contributed by atoms with van der Waals surface area (Å²) in [5.41, 5.74) is 7.87. The van der Waals surface area contributed by atoms with Crippen molar-refractivity contribution in [2.45, 2.75) is 25.4 Å². The van der Waals surface area contributed by atoms with Crippen LogP contribution < -0.4 is 15.2 Å². The summed E-state index contributed by atoms with van der Waals surface area (Å²) < 4.78 is 11.8. The first kappa shape index (κ1) is 20.4. The molecule has 0 saturated heterocycles. The summed E-state index contributed by atoms with van der Waals surface area (Å²) in [6.45, 7) is 0.645. The average Bonchev–Trinajstić information content (AvgIpc) is 2.76. The first-order chi connectivity index (χ1) is 14.0. The minimum atomic E-state index is -1.44. The van der Waals surface area contributed by atoms with Gasteiger partial charge in [-0.1, -0.05) is 66.7 Å². The van der Waals surface area contributed by atoms with E-state index in [0.29, 0.717) is 30.3 Å². The van der Waals surface area contributed by atoms with E-state index in [9.17, 15) is 9.90 Å². The van der Waals surface area contributed by atoms with Crippen molar-refractivity contribution in [3.8, 4) is 11.5 Å². The van der Waals surface area contributed by atoms with Crippen molar-refractivity contribution in [3.63, 3.8) is 0 Å². The van der Waals surface area contributed by atoms with E-state index in [-0.39, 0.29) is 0 Å². The van der Waals surface area contributed by atoms with Crippen LogP contribution in [0.4, 0.5) is 0 Å². The topological polar surface area (TPSA) is 102 Å². The van der Waals surface area contributed by atoms with Crippen LogP contribution >= 0.6 is 0 Å². The summed E-state index contributed by atoms with van der Waals surface area (Å²) in [5.74, 6) is -0.391. The molecule has 0 bridgehead atoms. The number of aliphatic carboxylic acids is 1. The number of carboxylic acid groups (broad SMARTS) is 1. The predicted molar refractivity (Wildman–Crippen MR) is 109 cm³/mol. The van der Waals surface area contributed by atoms with Gasteiger partial charge in [-0.05, 0) is 28.8 Å². The summed E-state index contributed by atoms with van der Waals surface area (Å²) in [6, 6.07) is 22.7. The van der Waals surface area contributed by atoms with Gasteiger partial charge in [-0.3, -0.25) is 4.79 Å². The zero-order valence-electron chi connectivity index (χ0n) is 15.8. The first-order valence-corrected chi connectivity index (χ1v) is 9.18. The quantitative estimate of drug-likeness (QED) is 0.516. The lowest BCUT2D eigenvalue weighted by atomic mass is 10.0. The molecule has 6 nitrogen and oxygen atoms in total. The molecule has 0 saturated carbocycles. The van der Waals surface area contributed by atoms with Crippen LogP contribution in [0.15, 0.2) is 78.9 Å². The molecule has 0 aliphatic heterocycles. The molecule has 0 aliphatic carbocycles. The summed E-state index contributed by atoms with van der Waals surface area (Å²) in [5, 5.41) is 19.3. The van der Waals surface area contributed by atoms with Crippen molar-refractivity contribution in [1.29, 1.82) is 0 Å². The second-order valence-corrected chi connectivity index (χ2v) is 6.56. The minimum Gasteiger partial charge on any atom is -0.485 e. The molecule has 0 amide bonds. The Labute approximate surface area is 169 Å². The normalized spacial score (nSPS) is 12.8. The molecule has 150 valence electrons. The number of hydrogen-bond donors (Lipinski definition) is 3. The maximum atomic E-state index is 11.1. The highest BCUT2D eigenvalue weighted by Crippen LogP contribution is 2.32. The number of aliphatic hydroxyl groups excluding tert-OH is 1. The zero-order chi connectivity index (χ0) is 20.6. The molecular formula is C23H23NO5. The van der Waals surface area contributed by atoms with Gasteiger partial charge in [0, 0.05) is 0 Å². The van der Waals surface area contributed by atoms with Crippen molar-refractivity contribution in [1.82, 2.24) is 0 Å². The van der Waals surface area contributed by atoms with Crippen molar-refractivity contribution in [2.75, 3.05) is 0 Å². The van der Waals surface area contributed by atoms with Crippen LogP contribution in [0, 0.1) is 0 Å². The number of ether oxygens (including phenoxy) is 2. The largest absolute Gasteiger partial charge is 0.485 e. The Morgan fingerprint density at radius 3 is 1.86 bits per heavy atom. The fourth-order valence-corrected chi connectivity index (χ4v) is 2.75. The van der Waals surface area contributed by atoms with Crippen LogP contribution in [0.1, 0.15) is 22.8 Å². The number of carboxylic acids is 1. The van der Waals surface area contributed by atoms with Gasteiger partial charge in [0.15, 0.2) is 11.5 Å². The van der Waals surface area contributed by atoms with E-state index in [1.165, 1.54) is 0 Å². The van der Waals surface area contributed by atoms with Gasteiger partial charge in [0.2, 0.25) is 0 Å². The van der Waals surface area contributed by atoms with E-state index in [1.54, 1.807) is 18.2 Å². The van der Waals surface area contributed by atoms with E-state index in [0.717, 1.165) is 11.1 Å². The number of rotatable bonds is 9. The van der Waals surface area contributed by atoms with Crippen LogP contribution in [0.2, 0.25) is 0 Å². The molecule has 0 aliphatic rings. The summed E-state index contributed by atoms with van der Waals surface area (Å²) in [4.78, 5) is 11.1. The third kappa shape index (κ3) is 5.57. The number of hydrogen-bond acceptors (Lipinski definition) is 5. The Hall–Kier alpha value is -3.35. The molecule has 2 atom stereocenters. The molecule has 0 heterocycles. The fraction of sp³-hybridized carbons (Fsp3) is 0.174. The van der Waals surface area contributed by atoms with Crippen LogP contribution in [-0.2, 0) is 18.0 Å². The number of aliphatic hydroxyl groups is 1. The molecule has 29 heavy (non-hydrogen) atoms. The Balaban J connectivity index is 1.82. The lowest BCUT2D eigenvalue weighted by Crippen LogP contribution is -2.36. The van der Waals surface area contributed by atoms with E-state index >= 15 is 0 Å². The summed E-state index contributed by atoms with van der Waals surface area (Å²) in [6.07, 6.45) is -1.37. The highest BCUT2D eigenvalue weighted by atomic mass is 16.5. The van der Waals surface area contributed by atoms with Gasteiger partial charge in [0.1, 0.15) is 25.4 Å². The van der Waals surface area contributed by atoms with Gasteiger partial charge in [-0.25, -0.2) is 0 Å². The first-order valence-electron chi connectivity index (χ1n) is 9.18. The summed E-state index contributed by atoms with van der Waals surface area (Å²) in [7, 11) is 0. The molecule has 6 heteroatoms. The van der Waals surface area contributed by atoms with Crippen molar-refractivity contribution < 1.29 is 24.5 Å². The van der Waals surface area contributed by atoms with Crippen LogP contribution in [-0.4, -0.2) is 22.2 Å². The third-order valence-electron chi connectivity index (χ3n) is 4.41. The van der Waals surface area contributed by atoms with Crippen LogP contribution in [0.5, 0.6) is 11.5 Å². The van der Waals surface area contributed by atoms with Gasteiger partial charge in [0.05, 0.1) is 0 Å². The predicted octanol–water partition coefficient (Wildman–Crippen LogP) is 3.29. The maximum absolute atomic E-state index is 11.1. The van der Waals surface area contributed by atoms with Crippen molar-refractivity contribution >= 4 is 5.97 Å². The van der Waals surface area contributed by atoms with Gasteiger partial charge in [0.25, 0.3) is 0 Å². The number of carbonyl (C=O) groups is 1. The van der Waals surface area contributed by atoms with E-state index < -0.39 is 18.1 Å². The van der Waals surface area contributed by atoms with Crippen LogP contribution in [0.25, 0.3) is 0 Å². The monoisotopic (exact) mass is 393 g/mol. The van der Waals surface area contributed by atoms with Gasteiger partial charge < -0.3 is 25.4 Å². The Kier molecular flexibility index (Phi) is 6.84. The molecule has 0 radical (unpaired) electrons. The van der Waals surface area contributed by atoms with E-state index in [4.69, 9.17) is 20.3 Å². The fourth-order valence-electron chi connectivity index (χ4n) is 2.75. The highest BCUT2D eigenvalue weighted by Gasteiger charge is 2.24. The molecular weight excluding hydrogens is 370 g/mol. The molecule has 0 spiro atoms. The third-order valence-corrected chi connectivity index (χ3v) is 4.41.